The SMILES string of the molecule is CC(C)C1CC[C@@H](C)C[C@H]1C(=O)OC[C@@H](O)CO. The fraction of sp³-hybridized carbons (Fsp3) is 0.929. The molecule has 1 aliphatic carbocycles. The number of aliphatic hydroxyl groups excluding tert-OH is 2. The molecule has 4 atom stereocenters. The zero-order valence-electron chi connectivity index (χ0n) is 11.6. The summed E-state index contributed by atoms with van der Waals surface area (Å²) in [6.45, 7) is 5.97. The molecule has 0 aromatic heterocycles. The van der Waals surface area contributed by atoms with Gasteiger partial charge in [-0.2, -0.15) is 0 Å². The lowest BCUT2D eigenvalue weighted by atomic mass is 9.70. The van der Waals surface area contributed by atoms with Gasteiger partial charge in [-0.05, 0) is 30.6 Å². The number of carbonyl (C=O) groups is 1. The molecule has 0 aliphatic heterocycles. The van der Waals surface area contributed by atoms with Gasteiger partial charge in [0.2, 0.25) is 0 Å². The molecule has 0 heterocycles. The molecular formula is C14H26O4. The highest BCUT2D eigenvalue weighted by molar-refractivity contribution is 5.73. The van der Waals surface area contributed by atoms with Gasteiger partial charge in [-0.25, -0.2) is 0 Å². The van der Waals surface area contributed by atoms with Gasteiger partial charge in [-0.1, -0.05) is 27.2 Å². The zero-order chi connectivity index (χ0) is 13.7. The van der Waals surface area contributed by atoms with E-state index in [1.807, 2.05) is 0 Å². The topological polar surface area (TPSA) is 66.8 Å². The highest BCUT2D eigenvalue weighted by Gasteiger charge is 2.36. The summed E-state index contributed by atoms with van der Waals surface area (Å²) in [5.74, 6) is 1.13. The normalized spacial score (nSPS) is 30.2. The minimum Gasteiger partial charge on any atom is -0.463 e. The molecule has 0 aromatic rings. The third kappa shape index (κ3) is 4.25. The van der Waals surface area contributed by atoms with E-state index in [2.05, 4.69) is 20.8 Å². The van der Waals surface area contributed by atoms with E-state index in [1.54, 1.807) is 0 Å². The molecule has 1 rings (SSSR count). The van der Waals surface area contributed by atoms with E-state index < -0.39 is 6.10 Å². The largest absolute Gasteiger partial charge is 0.463 e. The van der Waals surface area contributed by atoms with Crippen molar-refractivity contribution in [2.24, 2.45) is 23.7 Å². The molecule has 4 heteroatoms. The lowest BCUT2D eigenvalue weighted by molar-refractivity contribution is -0.157. The Balaban J connectivity index is 2.55. The van der Waals surface area contributed by atoms with Gasteiger partial charge in [0, 0.05) is 0 Å². The van der Waals surface area contributed by atoms with E-state index in [1.165, 1.54) is 6.42 Å². The molecular weight excluding hydrogens is 232 g/mol. The van der Waals surface area contributed by atoms with Gasteiger partial charge in [0.15, 0.2) is 0 Å². The van der Waals surface area contributed by atoms with Gasteiger partial charge in [0.1, 0.15) is 12.7 Å². The molecule has 0 saturated heterocycles. The van der Waals surface area contributed by atoms with Crippen molar-refractivity contribution in [2.45, 2.75) is 46.1 Å². The van der Waals surface area contributed by atoms with E-state index in [-0.39, 0.29) is 25.1 Å². The maximum Gasteiger partial charge on any atom is 0.309 e. The van der Waals surface area contributed by atoms with Crippen LogP contribution in [0.5, 0.6) is 0 Å². The number of ether oxygens (including phenoxy) is 1. The van der Waals surface area contributed by atoms with E-state index in [4.69, 9.17) is 9.84 Å². The monoisotopic (exact) mass is 258 g/mol. The quantitative estimate of drug-likeness (QED) is 0.735. The molecule has 1 unspecified atom stereocenters. The van der Waals surface area contributed by atoms with Gasteiger partial charge in [-0.15, -0.1) is 0 Å². The average molecular weight is 258 g/mol. The van der Waals surface area contributed by atoms with Gasteiger partial charge < -0.3 is 14.9 Å². The molecule has 0 spiro atoms. The lowest BCUT2D eigenvalue weighted by Gasteiger charge is -2.35. The number of hydrogen-bond donors (Lipinski definition) is 2. The van der Waals surface area contributed by atoms with Crippen LogP contribution in [0.25, 0.3) is 0 Å². The number of carbonyl (C=O) groups excluding carboxylic acids is 1. The van der Waals surface area contributed by atoms with Crippen molar-refractivity contribution in [2.75, 3.05) is 13.2 Å². The number of rotatable bonds is 5. The minimum absolute atomic E-state index is 0.0559. The van der Waals surface area contributed by atoms with Crippen LogP contribution in [0.1, 0.15) is 40.0 Å². The highest BCUT2D eigenvalue weighted by atomic mass is 16.5. The Morgan fingerprint density at radius 1 is 1.39 bits per heavy atom. The van der Waals surface area contributed by atoms with Crippen LogP contribution >= 0.6 is 0 Å². The van der Waals surface area contributed by atoms with Crippen LogP contribution in [-0.4, -0.2) is 35.5 Å². The molecule has 0 radical (unpaired) electrons. The molecule has 1 fully saturated rings. The molecule has 18 heavy (non-hydrogen) atoms. The van der Waals surface area contributed by atoms with Gasteiger partial charge >= 0.3 is 5.97 Å². The Hall–Kier alpha value is -0.610. The molecule has 4 nitrogen and oxygen atoms in total. The third-order valence-electron chi connectivity index (χ3n) is 3.95. The predicted molar refractivity (Wildman–Crippen MR) is 68.9 cm³/mol. The van der Waals surface area contributed by atoms with E-state index in [9.17, 15) is 9.90 Å². The predicted octanol–water partition coefficient (Wildman–Crippen LogP) is 1.59. The molecule has 1 aliphatic rings. The molecule has 0 aromatic carbocycles. The lowest BCUT2D eigenvalue weighted by Crippen LogP contribution is -2.35. The van der Waals surface area contributed by atoms with Crippen LogP contribution in [0, 0.1) is 23.7 Å². The van der Waals surface area contributed by atoms with Crippen LogP contribution in [0.3, 0.4) is 0 Å². The van der Waals surface area contributed by atoms with Crippen molar-refractivity contribution in [3.63, 3.8) is 0 Å². The van der Waals surface area contributed by atoms with E-state index in [0.717, 1.165) is 12.8 Å². The molecule has 1 saturated carbocycles. The van der Waals surface area contributed by atoms with Crippen LogP contribution in [0.15, 0.2) is 0 Å². The van der Waals surface area contributed by atoms with Gasteiger partial charge in [0.25, 0.3) is 0 Å². The number of esters is 1. The fourth-order valence-electron chi connectivity index (χ4n) is 2.81. The van der Waals surface area contributed by atoms with Crippen molar-refractivity contribution in [3.05, 3.63) is 0 Å². The maximum absolute atomic E-state index is 12.1. The van der Waals surface area contributed by atoms with Crippen LogP contribution in [0.2, 0.25) is 0 Å². The summed E-state index contributed by atoms with van der Waals surface area (Å²) in [5.41, 5.74) is 0. The van der Waals surface area contributed by atoms with Crippen LogP contribution < -0.4 is 0 Å². The first kappa shape index (κ1) is 15.4. The maximum atomic E-state index is 12.1. The van der Waals surface area contributed by atoms with Crippen LogP contribution in [-0.2, 0) is 9.53 Å². The Labute approximate surface area is 109 Å². The first-order chi connectivity index (χ1) is 8.45. The van der Waals surface area contributed by atoms with E-state index in [0.29, 0.717) is 17.8 Å². The summed E-state index contributed by atoms with van der Waals surface area (Å²) in [4.78, 5) is 12.1. The summed E-state index contributed by atoms with van der Waals surface area (Å²) < 4.78 is 5.11. The first-order valence-corrected chi connectivity index (χ1v) is 6.91. The van der Waals surface area contributed by atoms with Gasteiger partial charge in [-0.3, -0.25) is 4.79 Å². The van der Waals surface area contributed by atoms with E-state index >= 15 is 0 Å². The molecule has 106 valence electrons. The first-order valence-electron chi connectivity index (χ1n) is 6.91. The third-order valence-corrected chi connectivity index (χ3v) is 3.95. The summed E-state index contributed by atoms with van der Waals surface area (Å²) >= 11 is 0. The number of hydrogen-bond acceptors (Lipinski definition) is 4. The fourth-order valence-corrected chi connectivity index (χ4v) is 2.81. The second-order valence-corrected chi connectivity index (χ2v) is 5.90. The Morgan fingerprint density at radius 2 is 2.06 bits per heavy atom. The van der Waals surface area contributed by atoms with Crippen molar-refractivity contribution in [1.82, 2.24) is 0 Å². The van der Waals surface area contributed by atoms with Crippen molar-refractivity contribution in [3.8, 4) is 0 Å². The second-order valence-electron chi connectivity index (χ2n) is 5.90. The summed E-state index contributed by atoms with van der Waals surface area (Å²) in [7, 11) is 0. The Bertz CT molecular complexity index is 265. The summed E-state index contributed by atoms with van der Waals surface area (Å²) in [6, 6.07) is 0. The standard InChI is InChI=1S/C14H26O4/c1-9(2)12-5-4-10(3)6-13(12)14(17)18-8-11(16)7-15/h9-13,15-16H,4-8H2,1-3H3/t10-,11+,12?,13-/m1/s1. The second kappa shape index (κ2) is 7.10. The highest BCUT2D eigenvalue weighted by Crippen LogP contribution is 2.38. The Morgan fingerprint density at radius 3 is 2.61 bits per heavy atom. The van der Waals surface area contributed by atoms with Crippen LogP contribution in [0.4, 0.5) is 0 Å². The minimum atomic E-state index is -0.965. The smallest absolute Gasteiger partial charge is 0.309 e. The Kier molecular flexibility index (Phi) is 6.09. The summed E-state index contributed by atoms with van der Waals surface area (Å²) in [6.07, 6.45) is 2.15. The molecule has 2 N–H and O–H groups in total. The van der Waals surface area contributed by atoms with Gasteiger partial charge in [0.05, 0.1) is 12.5 Å². The zero-order valence-corrected chi connectivity index (χ0v) is 11.6. The number of aliphatic hydroxyl groups is 2. The molecule has 0 bridgehead atoms. The van der Waals surface area contributed by atoms with Crippen molar-refractivity contribution < 1.29 is 19.7 Å². The molecule has 0 amide bonds. The van der Waals surface area contributed by atoms with Crippen molar-refractivity contribution >= 4 is 5.97 Å². The average Bonchev–Trinajstić information content (AvgIpc) is 2.34. The summed E-state index contributed by atoms with van der Waals surface area (Å²) in [5, 5.41) is 17.9. The van der Waals surface area contributed by atoms with Crippen molar-refractivity contribution in [1.29, 1.82) is 0 Å².